The Morgan fingerprint density at radius 2 is 2.35 bits per heavy atom. The van der Waals surface area contributed by atoms with Crippen molar-refractivity contribution in [3.63, 3.8) is 0 Å². The molecule has 0 spiro atoms. The van der Waals surface area contributed by atoms with Gasteiger partial charge in [-0.1, -0.05) is 12.1 Å². The van der Waals surface area contributed by atoms with Gasteiger partial charge in [0, 0.05) is 17.7 Å². The number of amides is 1. The predicted molar refractivity (Wildman–Crippen MR) is 73.4 cm³/mol. The first-order valence-electron chi connectivity index (χ1n) is 6.20. The molecule has 0 aliphatic carbocycles. The number of hydrogen-bond acceptors (Lipinski definition) is 3. The second-order valence-corrected chi connectivity index (χ2v) is 4.55. The molecule has 3 rings (SSSR count). The van der Waals surface area contributed by atoms with Crippen LogP contribution in [0.2, 0.25) is 0 Å². The summed E-state index contributed by atoms with van der Waals surface area (Å²) in [5.74, 6) is 0.0167. The predicted octanol–water partition coefficient (Wildman–Crippen LogP) is 1.36. The number of halogens is 1. The zero-order valence-electron chi connectivity index (χ0n) is 10.6. The monoisotopic (exact) mass is 272 g/mol. The van der Waals surface area contributed by atoms with Gasteiger partial charge in [-0.2, -0.15) is 5.10 Å². The molecule has 6 heteroatoms. The molecule has 0 bridgehead atoms. The summed E-state index contributed by atoms with van der Waals surface area (Å²) in [7, 11) is 0. The highest BCUT2D eigenvalue weighted by Crippen LogP contribution is 2.27. The molecule has 20 heavy (non-hydrogen) atoms. The van der Waals surface area contributed by atoms with E-state index in [0.717, 1.165) is 22.6 Å². The van der Waals surface area contributed by atoms with Crippen LogP contribution in [0.1, 0.15) is 11.1 Å². The smallest absolute Gasteiger partial charge is 0.222 e. The fourth-order valence-corrected chi connectivity index (χ4v) is 2.29. The Kier molecular flexibility index (Phi) is 2.98. The van der Waals surface area contributed by atoms with Gasteiger partial charge in [0.15, 0.2) is 0 Å². The molecule has 1 aromatic heterocycles. The van der Waals surface area contributed by atoms with E-state index in [1.807, 2.05) is 12.1 Å². The molecular weight excluding hydrogens is 259 g/mol. The number of nitrogens with one attached hydrogen (secondary N) is 1. The van der Waals surface area contributed by atoms with Crippen molar-refractivity contribution < 1.29 is 9.18 Å². The maximum Gasteiger partial charge on any atom is 0.222 e. The molecular formula is C14H13FN4O. The molecule has 0 fully saturated rings. The van der Waals surface area contributed by atoms with Crippen molar-refractivity contribution in [2.24, 2.45) is 5.73 Å². The summed E-state index contributed by atoms with van der Waals surface area (Å²) in [5.41, 5.74) is 7.47. The van der Waals surface area contributed by atoms with Crippen LogP contribution in [0.5, 0.6) is 0 Å². The number of carbonyl (C=O) groups excluding carboxylic acids is 1. The molecule has 102 valence electrons. The molecule has 0 unspecified atom stereocenters. The molecule has 2 heterocycles. The van der Waals surface area contributed by atoms with Gasteiger partial charge < -0.3 is 11.1 Å². The van der Waals surface area contributed by atoms with E-state index in [0.29, 0.717) is 6.54 Å². The number of nitrogens with two attached hydrogens (primary N) is 1. The van der Waals surface area contributed by atoms with Crippen LogP contribution in [0.25, 0.3) is 5.70 Å². The molecule has 0 radical (unpaired) electrons. The van der Waals surface area contributed by atoms with Crippen molar-refractivity contribution in [3.8, 4) is 0 Å². The van der Waals surface area contributed by atoms with Crippen LogP contribution in [0.4, 0.5) is 10.2 Å². The van der Waals surface area contributed by atoms with E-state index < -0.39 is 5.91 Å². The summed E-state index contributed by atoms with van der Waals surface area (Å²) in [6, 6.07) is 6.32. The summed E-state index contributed by atoms with van der Waals surface area (Å²) in [6.45, 7) is 0.587. The van der Waals surface area contributed by atoms with Crippen LogP contribution in [-0.4, -0.2) is 22.2 Å². The Labute approximate surface area is 114 Å². The van der Waals surface area contributed by atoms with Crippen molar-refractivity contribution in [2.45, 2.75) is 6.42 Å². The molecule has 1 aliphatic rings. The highest BCUT2D eigenvalue weighted by molar-refractivity contribution is 5.80. The number of rotatable bonds is 3. The molecule has 0 atom stereocenters. The summed E-state index contributed by atoms with van der Waals surface area (Å²) in [5, 5.41) is 7.41. The van der Waals surface area contributed by atoms with Gasteiger partial charge in [-0.15, -0.1) is 0 Å². The van der Waals surface area contributed by atoms with Gasteiger partial charge >= 0.3 is 0 Å². The van der Waals surface area contributed by atoms with Crippen LogP contribution < -0.4 is 11.1 Å². The Balaban J connectivity index is 2.03. The van der Waals surface area contributed by atoms with Crippen molar-refractivity contribution in [1.29, 1.82) is 0 Å². The number of fused-ring (bicyclic) bond motifs is 1. The number of carbonyl (C=O) groups is 1. The van der Waals surface area contributed by atoms with Gasteiger partial charge in [0.05, 0.1) is 18.3 Å². The largest absolute Gasteiger partial charge is 0.369 e. The zero-order chi connectivity index (χ0) is 14.1. The molecule has 3 N–H and O–H groups in total. The lowest BCUT2D eigenvalue weighted by Gasteiger charge is -2.19. The SMILES string of the molecule is NC(=O)Cc1cnn2c1NCC=C2c1cccc(F)c1. The lowest BCUT2D eigenvalue weighted by Crippen LogP contribution is -2.18. The average Bonchev–Trinajstić information content (AvgIpc) is 2.81. The average molecular weight is 272 g/mol. The van der Waals surface area contributed by atoms with Crippen molar-refractivity contribution in [3.05, 3.63) is 53.5 Å². The molecule has 0 saturated carbocycles. The second-order valence-electron chi connectivity index (χ2n) is 4.55. The molecule has 1 aromatic carbocycles. The molecule has 2 aromatic rings. The van der Waals surface area contributed by atoms with Crippen LogP contribution >= 0.6 is 0 Å². The van der Waals surface area contributed by atoms with E-state index in [2.05, 4.69) is 10.4 Å². The van der Waals surface area contributed by atoms with Gasteiger partial charge in [-0.25, -0.2) is 9.07 Å². The summed E-state index contributed by atoms with van der Waals surface area (Å²) < 4.78 is 15.0. The van der Waals surface area contributed by atoms with E-state index in [1.54, 1.807) is 16.9 Å². The number of anilines is 1. The van der Waals surface area contributed by atoms with Gasteiger partial charge in [0.2, 0.25) is 5.91 Å². The first-order valence-corrected chi connectivity index (χ1v) is 6.20. The van der Waals surface area contributed by atoms with Crippen molar-refractivity contribution >= 4 is 17.4 Å². The highest BCUT2D eigenvalue weighted by atomic mass is 19.1. The van der Waals surface area contributed by atoms with E-state index in [-0.39, 0.29) is 12.2 Å². The van der Waals surface area contributed by atoms with Crippen molar-refractivity contribution in [2.75, 3.05) is 11.9 Å². The molecule has 0 saturated heterocycles. The summed E-state index contributed by atoms with van der Waals surface area (Å²) in [6.07, 6.45) is 3.65. The van der Waals surface area contributed by atoms with E-state index in [9.17, 15) is 9.18 Å². The van der Waals surface area contributed by atoms with Gasteiger partial charge in [0.1, 0.15) is 11.6 Å². The first kappa shape index (κ1) is 12.4. The minimum Gasteiger partial charge on any atom is -0.369 e. The number of benzene rings is 1. The number of primary amides is 1. The third-order valence-corrected chi connectivity index (χ3v) is 3.12. The summed E-state index contributed by atoms with van der Waals surface area (Å²) in [4.78, 5) is 11.0. The molecule has 1 aliphatic heterocycles. The summed E-state index contributed by atoms with van der Waals surface area (Å²) >= 11 is 0. The van der Waals surface area contributed by atoms with E-state index >= 15 is 0 Å². The fourth-order valence-electron chi connectivity index (χ4n) is 2.29. The Morgan fingerprint density at radius 3 is 3.10 bits per heavy atom. The third kappa shape index (κ3) is 2.16. The fraction of sp³-hybridized carbons (Fsp3) is 0.143. The second kappa shape index (κ2) is 4.80. The number of aromatic nitrogens is 2. The maximum atomic E-state index is 13.3. The zero-order valence-corrected chi connectivity index (χ0v) is 10.6. The van der Waals surface area contributed by atoms with Crippen LogP contribution in [0, 0.1) is 5.82 Å². The molecule has 5 nitrogen and oxygen atoms in total. The Bertz CT molecular complexity index is 705. The minimum atomic E-state index is -0.413. The van der Waals surface area contributed by atoms with E-state index in [4.69, 9.17) is 5.73 Å². The van der Waals surface area contributed by atoms with Gasteiger partial charge in [-0.3, -0.25) is 4.79 Å². The highest BCUT2D eigenvalue weighted by Gasteiger charge is 2.19. The third-order valence-electron chi connectivity index (χ3n) is 3.12. The van der Waals surface area contributed by atoms with Crippen molar-refractivity contribution in [1.82, 2.24) is 9.78 Å². The normalized spacial score (nSPS) is 13.3. The standard InChI is InChI=1S/C14H13FN4O/c15-11-3-1-2-9(6-11)12-4-5-17-14-10(7-13(16)20)8-18-19(12)14/h1-4,6,8,17H,5,7H2,(H2,16,20). The van der Waals surface area contributed by atoms with Gasteiger partial charge in [-0.05, 0) is 18.2 Å². The maximum absolute atomic E-state index is 13.3. The Hall–Kier alpha value is -2.63. The molecule has 1 amide bonds. The lowest BCUT2D eigenvalue weighted by atomic mass is 10.1. The Morgan fingerprint density at radius 1 is 1.50 bits per heavy atom. The van der Waals surface area contributed by atoms with Crippen LogP contribution in [-0.2, 0) is 11.2 Å². The van der Waals surface area contributed by atoms with E-state index in [1.165, 1.54) is 12.1 Å². The first-order chi connectivity index (χ1) is 9.65. The number of nitrogens with zero attached hydrogens (tertiary/aromatic N) is 2. The van der Waals surface area contributed by atoms with Crippen LogP contribution in [0.15, 0.2) is 36.5 Å². The number of hydrogen-bond donors (Lipinski definition) is 2. The van der Waals surface area contributed by atoms with Crippen LogP contribution in [0.3, 0.4) is 0 Å². The lowest BCUT2D eigenvalue weighted by molar-refractivity contribution is -0.117. The minimum absolute atomic E-state index is 0.124. The quantitative estimate of drug-likeness (QED) is 0.886. The topological polar surface area (TPSA) is 72.9 Å². The van der Waals surface area contributed by atoms with Gasteiger partial charge in [0.25, 0.3) is 0 Å².